The SMILES string of the molecule is COC1CCC(C(CC(=O)NO)N2CCC(C)(c3ccc(C)cc3)C2=O)CC1. The van der Waals surface area contributed by atoms with Gasteiger partial charge in [-0.25, -0.2) is 5.48 Å². The molecule has 1 aromatic rings. The number of nitrogens with one attached hydrogen (secondary N) is 1. The summed E-state index contributed by atoms with van der Waals surface area (Å²) in [5, 5.41) is 9.05. The number of methoxy groups -OCH3 is 1. The number of hydroxylamine groups is 1. The molecule has 1 aliphatic carbocycles. The first kappa shape index (κ1) is 20.8. The standard InChI is InChI=1S/C22H32N2O4/c1-15-4-8-17(9-5-15)22(2)12-13-24(21(22)26)19(14-20(25)23-27)16-6-10-18(28-3)11-7-16/h4-5,8-9,16,18-19,27H,6-7,10-14H2,1-3H3,(H,23,25). The van der Waals surface area contributed by atoms with Gasteiger partial charge < -0.3 is 9.64 Å². The summed E-state index contributed by atoms with van der Waals surface area (Å²) in [4.78, 5) is 27.4. The minimum absolute atomic E-state index is 0.0842. The van der Waals surface area contributed by atoms with Crippen LogP contribution in [0.3, 0.4) is 0 Å². The van der Waals surface area contributed by atoms with Crippen molar-refractivity contribution in [3.63, 3.8) is 0 Å². The summed E-state index contributed by atoms with van der Waals surface area (Å²) in [6.07, 6.45) is 4.86. The number of ether oxygens (including phenoxy) is 1. The maximum atomic E-state index is 13.5. The highest BCUT2D eigenvalue weighted by atomic mass is 16.5. The van der Waals surface area contributed by atoms with Crippen LogP contribution in [0, 0.1) is 12.8 Å². The van der Waals surface area contributed by atoms with Crippen molar-refractivity contribution in [1.82, 2.24) is 10.4 Å². The van der Waals surface area contributed by atoms with Gasteiger partial charge in [-0.2, -0.15) is 0 Å². The van der Waals surface area contributed by atoms with Gasteiger partial charge in [-0.05, 0) is 57.4 Å². The fourth-order valence-corrected chi connectivity index (χ4v) is 4.85. The summed E-state index contributed by atoms with van der Waals surface area (Å²) in [6.45, 7) is 4.68. The Morgan fingerprint density at radius 2 is 1.93 bits per heavy atom. The van der Waals surface area contributed by atoms with Gasteiger partial charge in [0.2, 0.25) is 11.8 Å². The van der Waals surface area contributed by atoms with Crippen molar-refractivity contribution < 1.29 is 19.5 Å². The van der Waals surface area contributed by atoms with Crippen molar-refractivity contribution in [2.75, 3.05) is 13.7 Å². The normalized spacial score (nSPS) is 29.0. The molecule has 1 saturated heterocycles. The lowest BCUT2D eigenvalue weighted by Crippen LogP contribution is -2.48. The molecular weight excluding hydrogens is 356 g/mol. The van der Waals surface area contributed by atoms with Crippen molar-refractivity contribution in [3.05, 3.63) is 35.4 Å². The first-order chi connectivity index (χ1) is 13.4. The van der Waals surface area contributed by atoms with Crippen LogP contribution in [-0.4, -0.2) is 47.7 Å². The van der Waals surface area contributed by atoms with Gasteiger partial charge in [-0.1, -0.05) is 29.8 Å². The Bertz CT molecular complexity index is 697. The highest BCUT2D eigenvalue weighted by Crippen LogP contribution is 2.40. The lowest BCUT2D eigenvalue weighted by atomic mass is 9.79. The van der Waals surface area contributed by atoms with Crippen LogP contribution in [-0.2, 0) is 19.7 Å². The minimum atomic E-state index is -0.564. The van der Waals surface area contributed by atoms with Gasteiger partial charge in [0, 0.05) is 26.1 Å². The van der Waals surface area contributed by atoms with Crippen molar-refractivity contribution >= 4 is 11.8 Å². The topological polar surface area (TPSA) is 78.9 Å². The third-order valence-electron chi connectivity index (χ3n) is 6.79. The van der Waals surface area contributed by atoms with Crippen LogP contribution in [0.1, 0.15) is 56.6 Å². The number of hydrogen-bond acceptors (Lipinski definition) is 4. The van der Waals surface area contributed by atoms with Crippen LogP contribution in [0.2, 0.25) is 0 Å². The molecule has 1 aromatic carbocycles. The maximum absolute atomic E-state index is 13.5. The van der Waals surface area contributed by atoms with Crippen molar-refractivity contribution in [3.8, 4) is 0 Å². The molecular formula is C22H32N2O4. The number of carbonyl (C=O) groups excluding carboxylic acids is 2. The van der Waals surface area contributed by atoms with E-state index in [0.717, 1.165) is 37.7 Å². The molecule has 0 radical (unpaired) electrons. The van der Waals surface area contributed by atoms with E-state index < -0.39 is 11.3 Å². The van der Waals surface area contributed by atoms with E-state index in [1.54, 1.807) is 12.6 Å². The first-order valence-corrected chi connectivity index (χ1v) is 10.2. The van der Waals surface area contributed by atoms with Crippen molar-refractivity contribution in [1.29, 1.82) is 0 Å². The third kappa shape index (κ3) is 4.08. The molecule has 2 fully saturated rings. The molecule has 1 saturated carbocycles. The lowest BCUT2D eigenvalue weighted by molar-refractivity contribution is -0.138. The molecule has 6 nitrogen and oxygen atoms in total. The fraction of sp³-hybridized carbons (Fsp3) is 0.636. The summed E-state index contributed by atoms with van der Waals surface area (Å²) in [5.74, 6) is -0.107. The molecule has 2 unspecified atom stereocenters. The second kappa shape index (κ2) is 8.62. The number of hydrogen-bond donors (Lipinski definition) is 2. The highest BCUT2D eigenvalue weighted by Gasteiger charge is 2.48. The highest BCUT2D eigenvalue weighted by molar-refractivity contribution is 5.90. The molecule has 1 heterocycles. The van der Waals surface area contributed by atoms with Crippen LogP contribution in [0.4, 0.5) is 0 Å². The molecule has 0 bridgehead atoms. The summed E-state index contributed by atoms with van der Waals surface area (Å²) >= 11 is 0. The van der Waals surface area contributed by atoms with E-state index in [4.69, 9.17) is 9.94 Å². The molecule has 154 valence electrons. The van der Waals surface area contributed by atoms with Crippen LogP contribution in [0.25, 0.3) is 0 Å². The zero-order chi connectivity index (χ0) is 20.3. The molecule has 28 heavy (non-hydrogen) atoms. The molecule has 2 atom stereocenters. The Morgan fingerprint density at radius 3 is 2.50 bits per heavy atom. The van der Waals surface area contributed by atoms with E-state index in [9.17, 15) is 9.59 Å². The summed E-state index contributed by atoms with van der Waals surface area (Å²) in [7, 11) is 1.73. The van der Waals surface area contributed by atoms with Gasteiger partial charge in [0.25, 0.3) is 0 Å². The zero-order valence-corrected chi connectivity index (χ0v) is 17.1. The molecule has 2 N–H and O–H groups in total. The van der Waals surface area contributed by atoms with E-state index in [1.165, 1.54) is 5.56 Å². The fourth-order valence-electron chi connectivity index (χ4n) is 4.85. The van der Waals surface area contributed by atoms with E-state index >= 15 is 0 Å². The summed E-state index contributed by atoms with van der Waals surface area (Å²) in [5.41, 5.74) is 3.38. The van der Waals surface area contributed by atoms with E-state index in [0.29, 0.717) is 6.54 Å². The second-order valence-corrected chi connectivity index (χ2v) is 8.53. The quantitative estimate of drug-likeness (QED) is 0.580. The first-order valence-electron chi connectivity index (χ1n) is 10.2. The smallest absolute Gasteiger partial charge is 0.245 e. The van der Waals surface area contributed by atoms with Gasteiger partial charge in [0.15, 0.2) is 0 Å². The van der Waals surface area contributed by atoms with Gasteiger partial charge in [0.05, 0.1) is 11.5 Å². The number of amides is 2. The average molecular weight is 389 g/mol. The maximum Gasteiger partial charge on any atom is 0.245 e. The Kier molecular flexibility index (Phi) is 6.40. The van der Waals surface area contributed by atoms with Crippen LogP contribution >= 0.6 is 0 Å². The second-order valence-electron chi connectivity index (χ2n) is 8.53. The minimum Gasteiger partial charge on any atom is -0.381 e. The van der Waals surface area contributed by atoms with Crippen molar-refractivity contribution in [2.45, 2.75) is 69.9 Å². The van der Waals surface area contributed by atoms with Crippen LogP contribution in [0.5, 0.6) is 0 Å². The number of likely N-dealkylation sites (tertiary alicyclic amines) is 1. The molecule has 2 amide bonds. The summed E-state index contributed by atoms with van der Waals surface area (Å²) < 4.78 is 5.47. The third-order valence-corrected chi connectivity index (χ3v) is 6.79. The predicted molar refractivity (Wildman–Crippen MR) is 106 cm³/mol. The Morgan fingerprint density at radius 1 is 1.29 bits per heavy atom. The van der Waals surface area contributed by atoms with Crippen LogP contribution < -0.4 is 5.48 Å². The molecule has 3 rings (SSSR count). The Hall–Kier alpha value is -1.92. The average Bonchev–Trinajstić information content (AvgIpc) is 3.02. The van der Waals surface area contributed by atoms with E-state index in [2.05, 4.69) is 0 Å². The Labute approximate surface area is 167 Å². The largest absolute Gasteiger partial charge is 0.381 e. The number of benzene rings is 1. The molecule has 6 heteroatoms. The molecule has 2 aliphatic rings. The van der Waals surface area contributed by atoms with Crippen LogP contribution in [0.15, 0.2) is 24.3 Å². The van der Waals surface area contributed by atoms with Crippen molar-refractivity contribution in [2.24, 2.45) is 5.92 Å². The number of rotatable bonds is 6. The van der Waals surface area contributed by atoms with Gasteiger partial charge in [-0.15, -0.1) is 0 Å². The number of aryl methyl sites for hydroxylation is 1. The number of nitrogens with zero attached hydrogens (tertiary/aromatic N) is 1. The number of carbonyl (C=O) groups is 2. The monoisotopic (exact) mass is 388 g/mol. The summed E-state index contributed by atoms with van der Waals surface area (Å²) in [6, 6.07) is 7.97. The van der Waals surface area contributed by atoms with E-state index in [-0.39, 0.29) is 30.4 Å². The zero-order valence-electron chi connectivity index (χ0n) is 17.1. The molecule has 1 aliphatic heterocycles. The molecule has 0 spiro atoms. The molecule has 0 aromatic heterocycles. The lowest BCUT2D eigenvalue weighted by Gasteiger charge is -2.38. The van der Waals surface area contributed by atoms with Gasteiger partial charge in [0.1, 0.15) is 0 Å². The predicted octanol–water partition coefficient (Wildman–Crippen LogP) is 2.95. The van der Waals surface area contributed by atoms with Gasteiger partial charge in [-0.3, -0.25) is 14.8 Å². The Balaban J connectivity index is 1.81. The van der Waals surface area contributed by atoms with Gasteiger partial charge >= 0.3 is 0 Å². The van der Waals surface area contributed by atoms with E-state index in [1.807, 2.05) is 43.0 Å².